The van der Waals surface area contributed by atoms with Crippen LogP contribution < -0.4 is 10.6 Å². The van der Waals surface area contributed by atoms with Gasteiger partial charge in [0.2, 0.25) is 0 Å². The number of nitrogens with one attached hydrogen (secondary N) is 2. The van der Waals surface area contributed by atoms with Crippen LogP contribution in [-0.2, 0) is 9.53 Å². The highest BCUT2D eigenvalue weighted by Crippen LogP contribution is 2.15. The van der Waals surface area contributed by atoms with E-state index in [0.29, 0.717) is 10.6 Å². The molecule has 2 amide bonds. The molecule has 1 aromatic carbocycles. The molecule has 1 aromatic heterocycles. The van der Waals surface area contributed by atoms with Crippen LogP contribution in [0, 0.1) is 0 Å². The summed E-state index contributed by atoms with van der Waals surface area (Å²) < 4.78 is 5.04. The van der Waals surface area contributed by atoms with Crippen LogP contribution in [0.15, 0.2) is 41.8 Å². The number of carbonyl (C=O) groups excluding carboxylic acids is 3. The molecule has 138 valence electrons. The number of benzene rings is 1. The van der Waals surface area contributed by atoms with Crippen molar-refractivity contribution >= 4 is 34.8 Å². The maximum atomic E-state index is 12.1. The van der Waals surface area contributed by atoms with E-state index in [4.69, 9.17) is 4.74 Å². The maximum absolute atomic E-state index is 12.1. The number of carbonyl (C=O) groups is 3. The standard InChI is InChI=1S/C19H22N2O4S/c1-3-6-13(2)20-17(22)12-25-19(24)14-7-4-8-15(11-14)21-18(23)16-9-5-10-26-16/h4-5,7-11,13H,3,6,12H2,1-2H3,(H,20,22)(H,21,23). The van der Waals surface area contributed by atoms with Crippen molar-refractivity contribution in [3.8, 4) is 0 Å². The van der Waals surface area contributed by atoms with E-state index in [1.165, 1.54) is 17.4 Å². The Balaban J connectivity index is 1.89. The Morgan fingerprint density at radius 2 is 2.00 bits per heavy atom. The lowest BCUT2D eigenvalue weighted by Crippen LogP contribution is -2.35. The average molecular weight is 374 g/mol. The van der Waals surface area contributed by atoms with Crippen molar-refractivity contribution in [2.75, 3.05) is 11.9 Å². The molecule has 0 bridgehead atoms. The van der Waals surface area contributed by atoms with Crippen LogP contribution in [0.4, 0.5) is 5.69 Å². The first-order valence-corrected chi connectivity index (χ1v) is 9.29. The summed E-state index contributed by atoms with van der Waals surface area (Å²) in [6, 6.07) is 9.97. The third kappa shape index (κ3) is 6.00. The summed E-state index contributed by atoms with van der Waals surface area (Å²) in [7, 11) is 0. The van der Waals surface area contributed by atoms with Gasteiger partial charge in [0.25, 0.3) is 11.8 Å². The highest BCUT2D eigenvalue weighted by atomic mass is 32.1. The molecular formula is C19H22N2O4S. The van der Waals surface area contributed by atoms with Crippen molar-refractivity contribution in [2.45, 2.75) is 32.7 Å². The van der Waals surface area contributed by atoms with Gasteiger partial charge in [-0.05, 0) is 43.0 Å². The smallest absolute Gasteiger partial charge is 0.338 e. The summed E-state index contributed by atoms with van der Waals surface area (Å²) in [6.45, 7) is 3.61. The van der Waals surface area contributed by atoms with Crippen LogP contribution in [0.5, 0.6) is 0 Å². The van der Waals surface area contributed by atoms with E-state index in [2.05, 4.69) is 10.6 Å². The zero-order chi connectivity index (χ0) is 18.9. The van der Waals surface area contributed by atoms with Gasteiger partial charge >= 0.3 is 5.97 Å². The fourth-order valence-corrected chi connectivity index (χ4v) is 2.98. The monoisotopic (exact) mass is 374 g/mol. The number of rotatable bonds is 8. The van der Waals surface area contributed by atoms with Gasteiger partial charge in [0, 0.05) is 11.7 Å². The van der Waals surface area contributed by atoms with Crippen LogP contribution in [-0.4, -0.2) is 30.4 Å². The van der Waals surface area contributed by atoms with E-state index in [-0.39, 0.29) is 30.0 Å². The normalized spacial score (nSPS) is 11.5. The fourth-order valence-electron chi connectivity index (χ4n) is 2.36. The fraction of sp³-hybridized carbons (Fsp3) is 0.316. The highest BCUT2D eigenvalue weighted by molar-refractivity contribution is 7.12. The minimum absolute atomic E-state index is 0.0435. The molecule has 1 heterocycles. The van der Waals surface area contributed by atoms with E-state index >= 15 is 0 Å². The number of esters is 1. The molecule has 0 radical (unpaired) electrons. The topological polar surface area (TPSA) is 84.5 Å². The van der Waals surface area contributed by atoms with E-state index in [1.807, 2.05) is 19.2 Å². The van der Waals surface area contributed by atoms with Gasteiger partial charge in [-0.25, -0.2) is 4.79 Å². The van der Waals surface area contributed by atoms with Crippen molar-refractivity contribution in [1.29, 1.82) is 0 Å². The number of ether oxygens (including phenoxy) is 1. The van der Waals surface area contributed by atoms with Crippen molar-refractivity contribution in [3.05, 3.63) is 52.2 Å². The number of thiophene rings is 1. The van der Waals surface area contributed by atoms with Crippen molar-refractivity contribution in [3.63, 3.8) is 0 Å². The molecule has 0 aliphatic heterocycles. The molecule has 1 atom stereocenters. The molecule has 0 saturated carbocycles. The molecule has 6 nitrogen and oxygen atoms in total. The summed E-state index contributed by atoms with van der Waals surface area (Å²) in [5.74, 6) is -1.19. The Bertz CT molecular complexity index is 759. The summed E-state index contributed by atoms with van der Waals surface area (Å²) in [5.41, 5.74) is 0.752. The van der Waals surface area contributed by atoms with E-state index in [9.17, 15) is 14.4 Å². The van der Waals surface area contributed by atoms with Gasteiger partial charge in [-0.1, -0.05) is 25.5 Å². The second-order valence-corrected chi connectivity index (χ2v) is 6.79. The van der Waals surface area contributed by atoms with Gasteiger partial charge < -0.3 is 15.4 Å². The van der Waals surface area contributed by atoms with Crippen LogP contribution in [0.2, 0.25) is 0 Å². The number of hydrogen-bond acceptors (Lipinski definition) is 5. The summed E-state index contributed by atoms with van der Waals surface area (Å²) in [4.78, 5) is 36.5. The van der Waals surface area contributed by atoms with Gasteiger partial charge in [-0.3, -0.25) is 9.59 Å². The molecule has 0 aliphatic rings. The number of amides is 2. The number of anilines is 1. The summed E-state index contributed by atoms with van der Waals surface area (Å²) in [6.07, 6.45) is 1.83. The van der Waals surface area contributed by atoms with Gasteiger partial charge in [0.1, 0.15) is 0 Å². The van der Waals surface area contributed by atoms with E-state index < -0.39 is 5.97 Å². The third-order valence-electron chi connectivity index (χ3n) is 3.56. The van der Waals surface area contributed by atoms with Crippen molar-refractivity contribution < 1.29 is 19.1 Å². The van der Waals surface area contributed by atoms with Crippen LogP contribution >= 0.6 is 11.3 Å². The molecule has 0 spiro atoms. The molecule has 0 saturated heterocycles. The lowest BCUT2D eigenvalue weighted by Gasteiger charge is -2.13. The second kappa shape index (κ2) is 9.72. The SMILES string of the molecule is CCCC(C)NC(=O)COC(=O)c1cccc(NC(=O)c2cccs2)c1. The van der Waals surface area contributed by atoms with Gasteiger partial charge in [-0.2, -0.15) is 0 Å². The van der Waals surface area contributed by atoms with Crippen LogP contribution in [0.3, 0.4) is 0 Å². The zero-order valence-electron chi connectivity index (χ0n) is 14.8. The van der Waals surface area contributed by atoms with Gasteiger partial charge in [0.15, 0.2) is 6.61 Å². The first-order valence-electron chi connectivity index (χ1n) is 8.41. The van der Waals surface area contributed by atoms with Crippen LogP contribution in [0.1, 0.15) is 46.7 Å². The molecule has 2 rings (SSSR count). The molecule has 26 heavy (non-hydrogen) atoms. The van der Waals surface area contributed by atoms with E-state index in [1.54, 1.807) is 30.3 Å². The Hall–Kier alpha value is -2.67. The molecule has 0 aliphatic carbocycles. The molecule has 2 aromatic rings. The molecule has 2 N–H and O–H groups in total. The number of hydrogen-bond donors (Lipinski definition) is 2. The Morgan fingerprint density at radius 3 is 2.69 bits per heavy atom. The van der Waals surface area contributed by atoms with E-state index in [0.717, 1.165) is 12.8 Å². The van der Waals surface area contributed by atoms with Gasteiger partial charge in [0.05, 0.1) is 10.4 Å². The van der Waals surface area contributed by atoms with Crippen LogP contribution in [0.25, 0.3) is 0 Å². The predicted octanol–water partition coefficient (Wildman–Crippen LogP) is 3.46. The van der Waals surface area contributed by atoms with Crippen molar-refractivity contribution in [2.24, 2.45) is 0 Å². The minimum atomic E-state index is -0.615. The lowest BCUT2D eigenvalue weighted by atomic mass is 10.2. The average Bonchev–Trinajstić information content (AvgIpc) is 3.15. The molecular weight excluding hydrogens is 352 g/mol. The minimum Gasteiger partial charge on any atom is -0.452 e. The quantitative estimate of drug-likeness (QED) is 0.693. The largest absolute Gasteiger partial charge is 0.452 e. The zero-order valence-corrected chi connectivity index (χ0v) is 15.6. The first-order chi connectivity index (χ1) is 12.5. The maximum Gasteiger partial charge on any atom is 0.338 e. The Kier molecular flexibility index (Phi) is 7.35. The highest BCUT2D eigenvalue weighted by Gasteiger charge is 2.13. The summed E-state index contributed by atoms with van der Waals surface area (Å²) >= 11 is 1.33. The summed E-state index contributed by atoms with van der Waals surface area (Å²) in [5, 5.41) is 7.31. The second-order valence-electron chi connectivity index (χ2n) is 5.85. The van der Waals surface area contributed by atoms with Gasteiger partial charge in [-0.15, -0.1) is 11.3 Å². The Labute approximate surface area is 156 Å². The predicted molar refractivity (Wildman–Crippen MR) is 102 cm³/mol. The Morgan fingerprint density at radius 1 is 1.19 bits per heavy atom. The van der Waals surface area contributed by atoms with Crippen molar-refractivity contribution in [1.82, 2.24) is 5.32 Å². The molecule has 0 fully saturated rings. The first kappa shape index (κ1) is 19.7. The third-order valence-corrected chi connectivity index (χ3v) is 4.43. The lowest BCUT2D eigenvalue weighted by molar-refractivity contribution is -0.124. The molecule has 7 heteroatoms. The molecule has 1 unspecified atom stereocenters.